The van der Waals surface area contributed by atoms with Gasteiger partial charge in [-0.1, -0.05) is 6.07 Å². The van der Waals surface area contributed by atoms with E-state index in [2.05, 4.69) is 16.6 Å². The molecule has 1 amide bonds. The van der Waals surface area contributed by atoms with Gasteiger partial charge >= 0.3 is 0 Å². The van der Waals surface area contributed by atoms with Crippen molar-refractivity contribution in [1.29, 1.82) is 5.26 Å². The largest absolute Gasteiger partial charge is 0.383 e. The van der Waals surface area contributed by atoms with Crippen LogP contribution < -0.4 is 5.32 Å². The molecule has 1 aromatic heterocycles. The zero-order valence-corrected chi connectivity index (χ0v) is 14.5. The summed E-state index contributed by atoms with van der Waals surface area (Å²) in [6.45, 7) is 2.22. The van der Waals surface area contributed by atoms with Gasteiger partial charge in [-0.2, -0.15) is 10.4 Å². The van der Waals surface area contributed by atoms with E-state index in [-0.39, 0.29) is 11.6 Å². The van der Waals surface area contributed by atoms with Crippen molar-refractivity contribution in [3.63, 3.8) is 0 Å². The first-order valence-corrected chi connectivity index (χ1v) is 8.37. The van der Waals surface area contributed by atoms with Crippen LogP contribution in [-0.2, 0) is 11.3 Å². The summed E-state index contributed by atoms with van der Waals surface area (Å²) in [7, 11) is 1.62. The second-order valence-corrected chi connectivity index (χ2v) is 6.18. The molecule has 1 atom stereocenters. The Morgan fingerprint density at radius 1 is 1.50 bits per heavy atom. The first-order valence-electron chi connectivity index (χ1n) is 8.37. The third-order valence-electron chi connectivity index (χ3n) is 4.37. The lowest BCUT2D eigenvalue weighted by Crippen LogP contribution is -2.36. The van der Waals surface area contributed by atoms with Crippen LogP contribution in [0.4, 0.5) is 4.39 Å². The Morgan fingerprint density at radius 2 is 2.35 bits per heavy atom. The summed E-state index contributed by atoms with van der Waals surface area (Å²) in [5, 5.41) is 15.8. The van der Waals surface area contributed by atoms with Crippen molar-refractivity contribution >= 4 is 5.91 Å². The zero-order valence-electron chi connectivity index (χ0n) is 14.5. The van der Waals surface area contributed by atoms with Crippen LogP contribution in [0.25, 0.3) is 11.1 Å². The maximum Gasteiger partial charge on any atom is 0.254 e. The molecule has 1 aliphatic rings. The molecule has 2 heterocycles. The molecule has 0 saturated carbocycles. The predicted molar refractivity (Wildman–Crippen MR) is 92.6 cm³/mol. The Hall–Kier alpha value is -2.92. The number of nitriles is 1. The van der Waals surface area contributed by atoms with Gasteiger partial charge in [-0.05, 0) is 24.1 Å². The first-order chi connectivity index (χ1) is 12.6. The lowest BCUT2D eigenvalue weighted by Gasteiger charge is -2.13. The van der Waals surface area contributed by atoms with Crippen molar-refractivity contribution in [2.75, 3.05) is 26.8 Å². The topological polar surface area (TPSA) is 83.2 Å². The van der Waals surface area contributed by atoms with Crippen LogP contribution in [-0.4, -0.2) is 53.4 Å². The van der Waals surface area contributed by atoms with Crippen LogP contribution in [0.3, 0.4) is 0 Å². The average Bonchev–Trinajstić information content (AvgIpc) is 3.29. The molecule has 1 N–H and O–H groups in total. The number of ether oxygens (including phenoxy) is 1. The normalized spacial score (nSPS) is 16.5. The van der Waals surface area contributed by atoms with Gasteiger partial charge in [-0.15, -0.1) is 0 Å². The quantitative estimate of drug-likeness (QED) is 0.795. The minimum Gasteiger partial charge on any atom is -0.383 e. The number of rotatable bonds is 6. The molecule has 0 radical (unpaired) electrons. The van der Waals surface area contributed by atoms with Gasteiger partial charge in [-0.25, -0.2) is 4.39 Å². The van der Waals surface area contributed by atoms with E-state index in [1.807, 2.05) is 6.20 Å². The van der Waals surface area contributed by atoms with Crippen LogP contribution >= 0.6 is 0 Å². The number of methoxy groups -OCH3 is 1. The molecule has 136 valence electrons. The van der Waals surface area contributed by atoms with Gasteiger partial charge in [0.15, 0.2) is 6.19 Å². The molecule has 0 aliphatic carbocycles. The van der Waals surface area contributed by atoms with Crippen molar-refractivity contribution in [3.8, 4) is 17.3 Å². The monoisotopic (exact) mass is 357 g/mol. The number of halogens is 1. The third kappa shape index (κ3) is 4.00. The molecule has 0 spiro atoms. The number of amides is 1. The van der Waals surface area contributed by atoms with Gasteiger partial charge in [0, 0.05) is 38.0 Å². The second-order valence-electron chi connectivity index (χ2n) is 6.18. The van der Waals surface area contributed by atoms with Crippen LogP contribution in [0.1, 0.15) is 16.8 Å². The van der Waals surface area contributed by atoms with Crippen LogP contribution in [0.2, 0.25) is 0 Å². The SMILES string of the molecule is COCCn1cc(-c2ccc(C(=O)NC3CCN(C#N)C3)c(F)c2)cn1. The fourth-order valence-corrected chi connectivity index (χ4v) is 2.93. The van der Waals surface area contributed by atoms with E-state index in [1.54, 1.807) is 29.0 Å². The van der Waals surface area contributed by atoms with Crippen molar-refractivity contribution in [2.24, 2.45) is 0 Å². The number of likely N-dealkylation sites (tertiary alicyclic amines) is 1. The lowest BCUT2D eigenvalue weighted by molar-refractivity contribution is 0.0935. The van der Waals surface area contributed by atoms with E-state index in [0.29, 0.717) is 38.2 Å². The maximum atomic E-state index is 14.4. The minimum atomic E-state index is -0.584. The van der Waals surface area contributed by atoms with Gasteiger partial charge in [0.2, 0.25) is 0 Å². The number of aromatic nitrogens is 2. The summed E-state index contributed by atoms with van der Waals surface area (Å²) in [4.78, 5) is 13.9. The van der Waals surface area contributed by atoms with Crippen LogP contribution in [0, 0.1) is 17.3 Å². The molecule has 8 heteroatoms. The Balaban J connectivity index is 1.68. The van der Waals surface area contributed by atoms with Crippen LogP contribution in [0.5, 0.6) is 0 Å². The molecular formula is C18H20FN5O2. The standard InChI is InChI=1S/C18H20FN5O2/c1-26-7-6-24-10-14(9-21-24)13-2-3-16(17(19)8-13)18(25)22-15-4-5-23(11-15)12-20/h2-3,8-10,15H,4-7,11H2,1H3,(H,22,25). The van der Waals surface area contributed by atoms with E-state index in [1.165, 1.54) is 12.1 Å². The van der Waals surface area contributed by atoms with Crippen molar-refractivity contribution in [1.82, 2.24) is 20.0 Å². The van der Waals surface area contributed by atoms with Crippen molar-refractivity contribution in [2.45, 2.75) is 19.0 Å². The number of hydrogen-bond donors (Lipinski definition) is 1. The molecule has 1 fully saturated rings. The maximum absolute atomic E-state index is 14.4. The van der Waals surface area contributed by atoms with E-state index in [4.69, 9.17) is 10.00 Å². The number of carbonyl (C=O) groups is 1. The molecule has 3 rings (SSSR count). The molecule has 0 bridgehead atoms. The van der Waals surface area contributed by atoms with E-state index >= 15 is 0 Å². The molecule has 26 heavy (non-hydrogen) atoms. The summed E-state index contributed by atoms with van der Waals surface area (Å²) >= 11 is 0. The van der Waals surface area contributed by atoms with Crippen molar-refractivity contribution in [3.05, 3.63) is 42.0 Å². The first kappa shape index (κ1) is 17.9. The number of benzene rings is 1. The highest BCUT2D eigenvalue weighted by Crippen LogP contribution is 2.22. The van der Waals surface area contributed by atoms with Gasteiger partial charge < -0.3 is 15.0 Å². The average molecular weight is 357 g/mol. The highest BCUT2D eigenvalue weighted by atomic mass is 19.1. The Bertz CT molecular complexity index is 829. The molecule has 7 nitrogen and oxygen atoms in total. The summed E-state index contributed by atoms with van der Waals surface area (Å²) in [5.74, 6) is -1.05. The van der Waals surface area contributed by atoms with Gasteiger partial charge in [0.05, 0.1) is 24.9 Å². The van der Waals surface area contributed by atoms with Gasteiger partial charge in [0.25, 0.3) is 5.91 Å². The summed E-state index contributed by atoms with van der Waals surface area (Å²) in [6.07, 6.45) is 6.19. The molecule has 1 unspecified atom stereocenters. The third-order valence-corrected chi connectivity index (χ3v) is 4.37. The summed E-state index contributed by atoms with van der Waals surface area (Å²) < 4.78 is 21.2. The van der Waals surface area contributed by atoms with Crippen molar-refractivity contribution < 1.29 is 13.9 Å². The second kappa shape index (κ2) is 7.97. The van der Waals surface area contributed by atoms with E-state index < -0.39 is 11.7 Å². The number of nitrogens with zero attached hydrogens (tertiary/aromatic N) is 4. The molecule has 1 aliphatic heterocycles. The minimum absolute atomic E-state index is 0.00377. The Labute approximate surface area is 151 Å². The Morgan fingerprint density at radius 3 is 3.04 bits per heavy atom. The number of nitrogens with one attached hydrogen (secondary N) is 1. The summed E-state index contributed by atoms with van der Waals surface area (Å²) in [5.41, 5.74) is 1.42. The van der Waals surface area contributed by atoms with Crippen LogP contribution in [0.15, 0.2) is 30.6 Å². The predicted octanol–water partition coefficient (Wildman–Crippen LogP) is 1.62. The Kier molecular flexibility index (Phi) is 5.49. The fourth-order valence-electron chi connectivity index (χ4n) is 2.93. The summed E-state index contributed by atoms with van der Waals surface area (Å²) in [6, 6.07) is 4.37. The highest BCUT2D eigenvalue weighted by Gasteiger charge is 2.24. The molecule has 1 aromatic carbocycles. The molecule has 1 saturated heterocycles. The molecular weight excluding hydrogens is 337 g/mol. The molecule has 2 aromatic rings. The fraction of sp³-hybridized carbons (Fsp3) is 0.389. The zero-order chi connectivity index (χ0) is 18.5. The van der Waals surface area contributed by atoms with E-state index in [0.717, 1.165) is 5.56 Å². The number of hydrogen-bond acceptors (Lipinski definition) is 5. The highest BCUT2D eigenvalue weighted by molar-refractivity contribution is 5.95. The van der Waals surface area contributed by atoms with E-state index in [9.17, 15) is 9.18 Å². The van der Waals surface area contributed by atoms with Gasteiger partial charge in [0.1, 0.15) is 5.82 Å². The smallest absolute Gasteiger partial charge is 0.254 e. The lowest BCUT2D eigenvalue weighted by atomic mass is 10.1. The number of carbonyl (C=O) groups excluding carboxylic acids is 1. The van der Waals surface area contributed by atoms with Gasteiger partial charge in [-0.3, -0.25) is 9.48 Å².